The van der Waals surface area contributed by atoms with Crippen molar-refractivity contribution in [1.29, 1.82) is 0 Å². The molecule has 1 aromatic rings. The molecule has 104 valence electrons. The standard InChI is InChI=1S/C15H21NO3/c1-3-16(15(17)14-5-4-10-19-14)11-12-6-8-13(18-2)9-7-12/h6-9,14H,3-5,10-11H2,1-2H3. The Morgan fingerprint density at radius 2 is 2.16 bits per heavy atom. The number of rotatable bonds is 5. The maximum absolute atomic E-state index is 12.3. The lowest BCUT2D eigenvalue weighted by Gasteiger charge is -2.24. The number of amides is 1. The van der Waals surface area contributed by atoms with Gasteiger partial charge in [0.25, 0.3) is 5.91 Å². The van der Waals surface area contributed by atoms with Crippen molar-refractivity contribution in [1.82, 2.24) is 4.90 Å². The van der Waals surface area contributed by atoms with Gasteiger partial charge in [-0.05, 0) is 37.5 Å². The molecular formula is C15H21NO3. The minimum absolute atomic E-state index is 0.107. The van der Waals surface area contributed by atoms with Crippen molar-refractivity contribution in [2.45, 2.75) is 32.4 Å². The number of carbonyl (C=O) groups excluding carboxylic acids is 1. The smallest absolute Gasteiger partial charge is 0.251 e. The summed E-state index contributed by atoms with van der Waals surface area (Å²) in [6.45, 7) is 4.02. The Morgan fingerprint density at radius 1 is 1.42 bits per heavy atom. The molecule has 1 aliphatic heterocycles. The van der Waals surface area contributed by atoms with Crippen molar-refractivity contribution in [3.05, 3.63) is 29.8 Å². The van der Waals surface area contributed by atoms with Gasteiger partial charge in [-0.3, -0.25) is 4.79 Å². The van der Waals surface area contributed by atoms with E-state index < -0.39 is 0 Å². The van der Waals surface area contributed by atoms with Crippen LogP contribution in [-0.2, 0) is 16.1 Å². The largest absolute Gasteiger partial charge is 0.497 e. The number of carbonyl (C=O) groups is 1. The third-order valence-corrected chi connectivity index (χ3v) is 3.43. The molecule has 1 amide bonds. The van der Waals surface area contributed by atoms with Crippen molar-refractivity contribution in [3.63, 3.8) is 0 Å². The van der Waals surface area contributed by atoms with Crippen molar-refractivity contribution >= 4 is 5.91 Å². The molecule has 0 saturated carbocycles. The summed E-state index contributed by atoms with van der Waals surface area (Å²) in [5, 5.41) is 0. The van der Waals surface area contributed by atoms with Crippen LogP contribution in [0.5, 0.6) is 5.75 Å². The molecule has 4 heteroatoms. The van der Waals surface area contributed by atoms with E-state index in [9.17, 15) is 4.79 Å². The highest BCUT2D eigenvalue weighted by Gasteiger charge is 2.27. The van der Waals surface area contributed by atoms with E-state index in [1.807, 2.05) is 36.1 Å². The molecule has 4 nitrogen and oxygen atoms in total. The number of nitrogens with zero attached hydrogens (tertiary/aromatic N) is 1. The van der Waals surface area contributed by atoms with Gasteiger partial charge in [0.15, 0.2) is 0 Å². The van der Waals surface area contributed by atoms with E-state index in [1.165, 1.54) is 0 Å². The average molecular weight is 263 g/mol. The number of ether oxygens (including phenoxy) is 2. The maximum atomic E-state index is 12.3. The number of methoxy groups -OCH3 is 1. The summed E-state index contributed by atoms with van der Waals surface area (Å²) in [6, 6.07) is 7.81. The van der Waals surface area contributed by atoms with Gasteiger partial charge in [0.05, 0.1) is 7.11 Å². The van der Waals surface area contributed by atoms with Gasteiger partial charge >= 0.3 is 0 Å². The number of hydrogen-bond donors (Lipinski definition) is 0. The first-order valence-corrected chi connectivity index (χ1v) is 6.78. The summed E-state index contributed by atoms with van der Waals surface area (Å²) < 4.78 is 10.6. The predicted octanol–water partition coefficient (Wildman–Crippen LogP) is 2.22. The topological polar surface area (TPSA) is 38.8 Å². The lowest BCUT2D eigenvalue weighted by Crippen LogP contribution is -2.38. The summed E-state index contributed by atoms with van der Waals surface area (Å²) in [5.41, 5.74) is 1.11. The van der Waals surface area contributed by atoms with Gasteiger partial charge in [0.2, 0.25) is 0 Å². The molecule has 0 N–H and O–H groups in total. The Labute approximate surface area is 114 Å². The van der Waals surface area contributed by atoms with Crippen LogP contribution in [0, 0.1) is 0 Å². The second-order valence-electron chi connectivity index (χ2n) is 4.70. The van der Waals surface area contributed by atoms with Gasteiger partial charge in [0, 0.05) is 19.7 Å². The quantitative estimate of drug-likeness (QED) is 0.817. The number of benzene rings is 1. The minimum Gasteiger partial charge on any atom is -0.497 e. The molecule has 0 aliphatic carbocycles. The molecule has 1 atom stereocenters. The molecule has 19 heavy (non-hydrogen) atoms. The van der Waals surface area contributed by atoms with Crippen molar-refractivity contribution in [2.24, 2.45) is 0 Å². The molecule has 1 fully saturated rings. The SMILES string of the molecule is CCN(Cc1ccc(OC)cc1)C(=O)C1CCCO1. The van der Waals surface area contributed by atoms with Crippen molar-refractivity contribution in [3.8, 4) is 5.75 Å². The normalized spacial score (nSPS) is 18.3. The second kappa shape index (κ2) is 6.57. The fourth-order valence-electron chi connectivity index (χ4n) is 2.27. The summed E-state index contributed by atoms with van der Waals surface area (Å²) in [4.78, 5) is 14.1. The second-order valence-corrected chi connectivity index (χ2v) is 4.70. The van der Waals surface area contributed by atoms with Crippen molar-refractivity contribution in [2.75, 3.05) is 20.3 Å². The van der Waals surface area contributed by atoms with Crippen LogP contribution in [0.25, 0.3) is 0 Å². The van der Waals surface area contributed by atoms with E-state index in [0.717, 1.165) is 24.2 Å². The first kappa shape index (κ1) is 13.9. The average Bonchev–Trinajstić information content (AvgIpc) is 2.99. The highest BCUT2D eigenvalue weighted by molar-refractivity contribution is 5.81. The van der Waals surface area contributed by atoms with Crippen LogP contribution in [0.4, 0.5) is 0 Å². The molecule has 0 spiro atoms. The highest BCUT2D eigenvalue weighted by atomic mass is 16.5. The zero-order valence-corrected chi connectivity index (χ0v) is 11.6. The van der Waals surface area contributed by atoms with E-state index in [2.05, 4.69) is 0 Å². The minimum atomic E-state index is -0.238. The Balaban J connectivity index is 1.99. The molecule has 2 rings (SSSR count). The van der Waals surface area contributed by atoms with Crippen molar-refractivity contribution < 1.29 is 14.3 Å². The summed E-state index contributed by atoms with van der Waals surface area (Å²) >= 11 is 0. The fourth-order valence-corrected chi connectivity index (χ4v) is 2.27. The first-order chi connectivity index (χ1) is 9.24. The van der Waals surface area contributed by atoms with Crippen LogP contribution >= 0.6 is 0 Å². The van der Waals surface area contributed by atoms with Crippen LogP contribution in [0.1, 0.15) is 25.3 Å². The van der Waals surface area contributed by atoms with Gasteiger partial charge < -0.3 is 14.4 Å². The van der Waals surface area contributed by atoms with Gasteiger partial charge in [-0.2, -0.15) is 0 Å². The lowest BCUT2D eigenvalue weighted by atomic mass is 10.1. The van der Waals surface area contributed by atoms with E-state index in [0.29, 0.717) is 19.7 Å². The van der Waals surface area contributed by atoms with Crippen LogP contribution in [0.2, 0.25) is 0 Å². The molecule has 1 saturated heterocycles. The van der Waals surface area contributed by atoms with Gasteiger partial charge in [-0.15, -0.1) is 0 Å². The summed E-state index contributed by atoms with van der Waals surface area (Å²) in [6.07, 6.45) is 1.59. The molecular weight excluding hydrogens is 242 g/mol. The van der Waals surface area contributed by atoms with Gasteiger partial charge in [-0.25, -0.2) is 0 Å². The molecule has 1 unspecified atom stereocenters. The maximum Gasteiger partial charge on any atom is 0.251 e. The third-order valence-electron chi connectivity index (χ3n) is 3.43. The molecule has 0 radical (unpaired) electrons. The first-order valence-electron chi connectivity index (χ1n) is 6.78. The van der Waals surface area contributed by atoms with E-state index >= 15 is 0 Å². The Kier molecular flexibility index (Phi) is 4.80. The predicted molar refractivity (Wildman–Crippen MR) is 73.1 cm³/mol. The number of likely N-dealkylation sites (N-methyl/N-ethyl adjacent to an activating group) is 1. The lowest BCUT2D eigenvalue weighted by molar-refractivity contribution is -0.141. The molecule has 0 bridgehead atoms. The zero-order valence-electron chi connectivity index (χ0n) is 11.6. The fraction of sp³-hybridized carbons (Fsp3) is 0.533. The van der Waals surface area contributed by atoms with E-state index in [-0.39, 0.29) is 12.0 Å². The van der Waals surface area contributed by atoms with Gasteiger partial charge in [0.1, 0.15) is 11.9 Å². The van der Waals surface area contributed by atoms with Crippen LogP contribution in [0.3, 0.4) is 0 Å². The number of hydrogen-bond acceptors (Lipinski definition) is 3. The van der Waals surface area contributed by atoms with E-state index in [4.69, 9.17) is 9.47 Å². The van der Waals surface area contributed by atoms with Crippen LogP contribution in [-0.4, -0.2) is 37.2 Å². The monoisotopic (exact) mass is 263 g/mol. The summed E-state index contributed by atoms with van der Waals surface area (Å²) in [5.74, 6) is 0.938. The molecule has 1 aromatic carbocycles. The molecule has 0 aromatic heterocycles. The van der Waals surface area contributed by atoms with Crippen LogP contribution in [0.15, 0.2) is 24.3 Å². The van der Waals surface area contributed by atoms with Gasteiger partial charge in [-0.1, -0.05) is 12.1 Å². The van der Waals surface area contributed by atoms with E-state index in [1.54, 1.807) is 7.11 Å². The molecule has 1 aliphatic rings. The third kappa shape index (κ3) is 3.47. The van der Waals surface area contributed by atoms with Crippen LogP contribution < -0.4 is 4.74 Å². The highest BCUT2D eigenvalue weighted by Crippen LogP contribution is 2.17. The Hall–Kier alpha value is -1.55. The zero-order chi connectivity index (χ0) is 13.7. The Bertz CT molecular complexity index is 410. The Morgan fingerprint density at radius 3 is 2.68 bits per heavy atom. The summed E-state index contributed by atoms with van der Waals surface area (Å²) in [7, 11) is 1.65. The molecule has 1 heterocycles.